The molecule has 6 heteroatoms. The van der Waals surface area contributed by atoms with Crippen molar-refractivity contribution in [3.8, 4) is 0 Å². The molecule has 1 aliphatic carbocycles. The van der Waals surface area contributed by atoms with Crippen molar-refractivity contribution in [3.63, 3.8) is 0 Å². The number of nitrogens with zero attached hydrogens (tertiary/aromatic N) is 6. The minimum Gasteiger partial charge on any atom is -0.299 e. The van der Waals surface area contributed by atoms with Gasteiger partial charge in [0.15, 0.2) is 5.82 Å². The molecule has 0 N–H and O–H groups in total. The monoisotopic (exact) mass is 326 g/mol. The maximum Gasteiger partial charge on any atom is 0.165 e. The molecule has 0 bridgehead atoms. The van der Waals surface area contributed by atoms with Gasteiger partial charge in [-0.2, -0.15) is 0 Å². The Morgan fingerprint density at radius 2 is 1.79 bits per heavy atom. The minimum absolute atomic E-state index is 0.741. The number of hydrogen-bond acceptors (Lipinski definition) is 5. The fourth-order valence-corrected chi connectivity index (χ4v) is 3.68. The van der Waals surface area contributed by atoms with E-state index < -0.39 is 0 Å². The summed E-state index contributed by atoms with van der Waals surface area (Å²) >= 11 is 0. The molecule has 1 aromatic heterocycles. The van der Waals surface area contributed by atoms with Gasteiger partial charge in [-0.25, -0.2) is 4.68 Å². The number of tetrazole rings is 1. The molecule has 0 spiro atoms. The van der Waals surface area contributed by atoms with Crippen LogP contribution in [0.15, 0.2) is 30.3 Å². The van der Waals surface area contributed by atoms with Gasteiger partial charge in [-0.05, 0) is 48.3 Å². The summed E-state index contributed by atoms with van der Waals surface area (Å²) in [6.45, 7) is 6.28. The Hall–Kier alpha value is -1.79. The van der Waals surface area contributed by atoms with Gasteiger partial charge in [-0.3, -0.25) is 9.80 Å². The molecule has 4 rings (SSSR count). The SMILES string of the molecule is c1ccc(Cn2nnnc2CN2CCCN(C3CCC3)CC2)cc1. The Kier molecular flexibility index (Phi) is 4.85. The second-order valence-electron chi connectivity index (χ2n) is 6.99. The van der Waals surface area contributed by atoms with Crippen LogP contribution in [0.4, 0.5) is 0 Å². The molecule has 24 heavy (non-hydrogen) atoms. The van der Waals surface area contributed by atoms with Crippen molar-refractivity contribution in [1.82, 2.24) is 30.0 Å². The quantitative estimate of drug-likeness (QED) is 0.838. The van der Waals surface area contributed by atoms with Crippen LogP contribution in [0.2, 0.25) is 0 Å². The summed E-state index contributed by atoms with van der Waals surface area (Å²) < 4.78 is 1.93. The molecule has 2 aromatic rings. The van der Waals surface area contributed by atoms with Crippen LogP contribution in [-0.4, -0.2) is 62.2 Å². The Morgan fingerprint density at radius 1 is 0.917 bits per heavy atom. The van der Waals surface area contributed by atoms with Crippen LogP contribution in [0, 0.1) is 0 Å². The highest BCUT2D eigenvalue weighted by molar-refractivity contribution is 5.14. The van der Waals surface area contributed by atoms with E-state index in [4.69, 9.17) is 0 Å². The highest BCUT2D eigenvalue weighted by Gasteiger charge is 2.26. The first kappa shape index (κ1) is 15.7. The maximum absolute atomic E-state index is 4.27. The molecule has 1 saturated carbocycles. The van der Waals surface area contributed by atoms with Crippen molar-refractivity contribution in [2.75, 3.05) is 26.2 Å². The average molecular weight is 326 g/mol. The summed E-state index contributed by atoms with van der Waals surface area (Å²) in [7, 11) is 0. The molecule has 1 saturated heterocycles. The summed E-state index contributed by atoms with van der Waals surface area (Å²) in [5.41, 5.74) is 1.23. The molecule has 128 valence electrons. The van der Waals surface area contributed by atoms with E-state index in [0.717, 1.165) is 38.0 Å². The highest BCUT2D eigenvalue weighted by atomic mass is 15.5. The lowest BCUT2D eigenvalue weighted by atomic mass is 9.91. The molecule has 0 amide bonds. The van der Waals surface area contributed by atoms with E-state index in [1.807, 2.05) is 10.7 Å². The Bertz CT molecular complexity index is 636. The largest absolute Gasteiger partial charge is 0.299 e. The first-order chi connectivity index (χ1) is 11.9. The molecule has 1 aromatic carbocycles. The standard InChI is InChI=1S/C18H26N6/c1-2-6-16(7-3-1)14-24-18(19-20-21-24)15-22-10-5-11-23(13-12-22)17-8-4-9-17/h1-3,6-7,17H,4-5,8-15H2. The molecular formula is C18H26N6. The van der Waals surface area contributed by atoms with E-state index in [1.54, 1.807) is 0 Å². The van der Waals surface area contributed by atoms with Gasteiger partial charge < -0.3 is 0 Å². The molecule has 2 aliphatic rings. The van der Waals surface area contributed by atoms with Gasteiger partial charge >= 0.3 is 0 Å². The Balaban J connectivity index is 1.36. The minimum atomic E-state index is 0.741. The van der Waals surface area contributed by atoms with Crippen molar-refractivity contribution in [3.05, 3.63) is 41.7 Å². The first-order valence-electron chi connectivity index (χ1n) is 9.14. The number of rotatable bonds is 5. The Labute approximate surface area is 143 Å². The van der Waals surface area contributed by atoms with Gasteiger partial charge in [0.1, 0.15) is 0 Å². The van der Waals surface area contributed by atoms with Gasteiger partial charge in [0.05, 0.1) is 13.1 Å². The van der Waals surface area contributed by atoms with Gasteiger partial charge in [-0.15, -0.1) is 5.10 Å². The molecule has 6 nitrogen and oxygen atoms in total. The van der Waals surface area contributed by atoms with Crippen LogP contribution in [-0.2, 0) is 13.1 Å². The van der Waals surface area contributed by atoms with Crippen molar-refractivity contribution >= 4 is 0 Å². The molecule has 2 heterocycles. The van der Waals surface area contributed by atoms with Crippen LogP contribution in [0.3, 0.4) is 0 Å². The van der Waals surface area contributed by atoms with E-state index in [-0.39, 0.29) is 0 Å². The third-order valence-corrected chi connectivity index (χ3v) is 5.36. The highest BCUT2D eigenvalue weighted by Crippen LogP contribution is 2.25. The van der Waals surface area contributed by atoms with Crippen LogP contribution < -0.4 is 0 Å². The summed E-state index contributed by atoms with van der Waals surface area (Å²) in [4.78, 5) is 5.20. The van der Waals surface area contributed by atoms with E-state index in [9.17, 15) is 0 Å². The van der Waals surface area contributed by atoms with Crippen LogP contribution in [0.1, 0.15) is 37.1 Å². The lowest BCUT2D eigenvalue weighted by molar-refractivity contribution is 0.130. The van der Waals surface area contributed by atoms with E-state index in [0.29, 0.717) is 0 Å². The third kappa shape index (κ3) is 3.65. The maximum atomic E-state index is 4.27. The molecule has 0 unspecified atom stereocenters. The van der Waals surface area contributed by atoms with Crippen molar-refractivity contribution in [1.29, 1.82) is 0 Å². The fourth-order valence-electron chi connectivity index (χ4n) is 3.68. The number of benzene rings is 1. The van der Waals surface area contributed by atoms with Crippen LogP contribution in [0.25, 0.3) is 0 Å². The van der Waals surface area contributed by atoms with Crippen molar-refractivity contribution in [2.45, 2.75) is 44.8 Å². The third-order valence-electron chi connectivity index (χ3n) is 5.36. The molecule has 0 radical (unpaired) electrons. The zero-order valence-electron chi connectivity index (χ0n) is 14.2. The Morgan fingerprint density at radius 3 is 2.58 bits per heavy atom. The molecule has 2 fully saturated rings. The van der Waals surface area contributed by atoms with Gasteiger partial charge in [0.2, 0.25) is 0 Å². The lowest BCUT2D eigenvalue weighted by Crippen LogP contribution is -2.42. The number of aromatic nitrogens is 4. The lowest BCUT2D eigenvalue weighted by Gasteiger charge is -2.36. The zero-order valence-corrected chi connectivity index (χ0v) is 14.2. The summed E-state index contributed by atoms with van der Waals surface area (Å²) in [6.07, 6.45) is 5.46. The summed E-state index contributed by atoms with van der Waals surface area (Å²) in [6, 6.07) is 11.2. The molecule has 0 atom stereocenters. The second kappa shape index (κ2) is 7.40. The first-order valence-corrected chi connectivity index (χ1v) is 9.14. The van der Waals surface area contributed by atoms with Crippen LogP contribution >= 0.6 is 0 Å². The normalized spacial score (nSPS) is 20.7. The van der Waals surface area contributed by atoms with Crippen molar-refractivity contribution in [2.24, 2.45) is 0 Å². The average Bonchev–Trinajstić information content (AvgIpc) is 2.85. The summed E-state index contributed by atoms with van der Waals surface area (Å²) in [5.74, 6) is 0.968. The van der Waals surface area contributed by atoms with Crippen molar-refractivity contribution < 1.29 is 0 Å². The predicted octanol–water partition coefficient (Wildman–Crippen LogP) is 1.78. The smallest absolute Gasteiger partial charge is 0.165 e. The van der Waals surface area contributed by atoms with Gasteiger partial charge in [0, 0.05) is 19.1 Å². The van der Waals surface area contributed by atoms with E-state index in [1.165, 1.54) is 44.3 Å². The van der Waals surface area contributed by atoms with Crippen LogP contribution in [0.5, 0.6) is 0 Å². The predicted molar refractivity (Wildman–Crippen MR) is 92.5 cm³/mol. The molecular weight excluding hydrogens is 300 g/mol. The zero-order chi connectivity index (χ0) is 16.2. The second-order valence-corrected chi connectivity index (χ2v) is 6.99. The van der Waals surface area contributed by atoms with Gasteiger partial charge in [0.25, 0.3) is 0 Å². The van der Waals surface area contributed by atoms with Gasteiger partial charge in [-0.1, -0.05) is 36.8 Å². The summed E-state index contributed by atoms with van der Waals surface area (Å²) in [5, 5.41) is 12.3. The molecule has 1 aliphatic heterocycles. The topological polar surface area (TPSA) is 50.1 Å². The van der Waals surface area contributed by atoms with E-state index >= 15 is 0 Å². The van der Waals surface area contributed by atoms with E-state index in [2.05, 4.69) is 49.6 Å². The number of hydrogen-bond donors (Lipinski definition) is 0. The fraction of sp³-hybridized carbons (Fsp3) is 0.611.